The monoisotopic (exact) mass is 201 g/mol. The van der Waals surface area contributed by atoms with Gasteiger partial charge >= 0.3 is 35.5 Å². The summed E-state index contributed by atoms with van der Waals surface area (Å²) in [6.07, 6.45) is 4.76. The van der Waals surface area contributed by atoms with Gasteiger partial charge in [-0.05, 0) is 6.92 Å². The standard InChI is InChI=1S/C8H7N3O2.Na.H/c1-5-10-7(8(12)13)6-4-9-2-3-11(5)6;;/h2-4H,1H3,(H,12,13);;/q;+1;-1. The van der Waals surface area contributed by atoms with Gasteiger partial charge in [0.2, 0.25) is 0 Å². The summed E-state index contributed by atoms with van der Waals surface area (Å²) in [4.78, 5) is 18.5. The van der Waals surface area contributed by atoms with Gasteiger partial charge in [0.15, 0.2) is 5.69 Å². The van der Waals surface area contributed by atoms with Crippen LogP contribution in [0.1, 0.15) is 17.7 Å². The fraction of sp³-hybridized carbons (Fsp3) is 0.125. The molecule has 0 aromatic carbocycles. The molecule has 1 N–H and O–H groups in total. The van der Waals surface area contributed by atoms with Gasteiger partial charge in [-0.25, -0.2) is 9.78 Å². The summed E-state index contributed by atoms with van der Waals surface area (Å²) in [6.45, 7) is 1.75. The van der Waals surface area contributed by atoms with Crippen molar-refractivity contribution in [2.45, 2.75) is 6.92 Å². The zero-order chi connectivity index (χ0) is 9.42. The first kappa shape index (κ1) is 11.2. The second kappa shape index (κ2) is 4.08. The Kier molecular flexibility index (Phi) is 3.25. The van der Waals surface area contributed by atoms with Crippen LogP contribution in [-0.2, 0) is 0 Å². The van der Waals surface area contributed by atoms with Crippen LogP contribution >= 0.6 is 0 Å². The maximum Gasteiger partial charge on any atom is 1.00 e. The topological polar surface area (TPSA) is 67.5 Å². The van der Waals surface area contributed by atoms with Crippen molar-refractivity contribution in [3.05, 3.63) is 30.1 Å². The van der Waals surface area contributed by atoms with E-state index in [1.807, 2.05) is 0 Å². The van der Waals surface area contributed by atoms with E-state index in [1.54, 1.807) is 23.7 Å². The van der Waals surface area contributed by atoms with Gasteiger partial charge in [0.05, 0.1) is 11.7 Å². The molecule has 68 valence electrons. The summed E-state index contributed by atoms with van der Waals surface area (Å²) in [5, 5.41) is 8.79. The molecule has 2 aromatic heterocycles. The van der Waals surface area contributed by atoms with Gasteiger partial charge in [0.1, 0.15) is 5.82 Å². The van der Waals surface area contributed by atoms with E-state index in [4.69, 9.17) is 5.11 Å². The molecule has 14 heavy (non-hydrogen) atoms. The molecule has 2 rings (SSSR count). The normalized spacial score (nSPS) is 9.79. The Hall–Kier alpha value is -0.910. The predicted octanol–water partition coefficient (Wildman–Crippen LogP) is -2.15. The fourth-order valence-electron chi connectivity index (χ4n) is 1.25. The summed E-state index contributed by atoms with van der Waals surface area (Å²) in [7, 11) is 0. The molecule has 2 heterocycles. The largest absolute Gasteiger partial charge is 1.00 e. The van der Waals surface area contributed by atoms with Crippen molar-refractivity contribution in [2.75, 3.05) is 0 Å². The molecular weight excluding hydrogens is 193 g/mol. The first-order valence-corrected chi connectivity index (χ1v) is 3.72. The summed E-state index contributed by atoms with van der Waals surface area (Å²) in [5.41, 5.74) is 0.568. The summed E-state index contributed by atoms with van der Waals surface area (Å²) < 4.78 is 1.69. The average Bonchev–Trinajstić information content (AvgIpc) is 2.45. The first-order valence-electron chi connectivity index (χ1n) is 3.72. The molecule has 6 heteroatoms. The van der Waals surface area contributed by atoms with Crippen LogP contribution in [0.15, 0.2) is 18.6 Å². The second-order valence-electron chi connectivity index (χ2n) is 2.64. The van der Waals surface area contributed by atoms with Gasteiger partial charge in [-0.2, -0.15) is 0 Å². The molecule has 0 saturated carbocycles. The Balaban J connectivity index is 0.000000980. The number of carboxylic acids is 1. The molecule has 0 bridgehead atoms. The van der Waals surface area contributed by atoms with E-state index in [1.165, 1.54) is 6.20 Å². The van der Waals surface area contributed by atoms with E-state index in [0.717, 1.165) is 0 Å². The van der Waals surface area contributed by atoms with Crippen LogP contribution in [0.4, 0.5) is 0 Å². The zero-order valence-electron chi connectivity index (χ0n) is 8.93. The van der Waals surface area contributed by atoms with Crippen molar-refractivity contribution in [1.29, 1.82) is 0 Å². The molecule has 2 aromatic rings. The second-order valence-corrected chi connectivity index (χ2v) is 2.64. The Bertz CT molecular complexity index is 486. The van der Waals surface area contributed by atoms with Crippen molar-refractivity contribution >= 4 is 11.5 Å². The molecule has 0 aliphatic heterocycles. The Morgan fingerprint density at radius 1 is 1.64 bits per heavy atom. The van der Waals surface area contributed by atoms with Crippen LogP contribution < -0.4 is 29.6 Å². The van der Waals surface area contributed by atoms with Gasteiger partial charge in [-0.15, -0.1) is 0 Å². The van der Waals surface area contributed by atoms with Crippen LogP contribution in [0.2, 0.25) is 0 Å². The maximum atomic E-state index is 10.7. The van der Waals surface area contributed by atoms with E-state index >= 15 is 0 Å². The van der Waals surface area contributed by atoms with Gasteiger partial charge in [0.25, 0.3) is 0 Å². The summed E-state index contributed by atoms with van der Waals surface area (Å²) in [5.74, 6) is -0.381. The van der Waals surface area contributed by atoms with Crippen molar-refractivity contribution in [3.8, 4) is 0 Å². The van der Waals surface area contributed by atoms with E-state index in [-0.39, 0.29) is 36.7 Å². The minimum Gasteiger partial charge on any atom is -1.00 e. The number of aromatic nitrogens is 3. The van der Waals surface area contributed by atoms with Crippen molar-refractivity contribution < 1.29 is 40.9 Å². The number of aromatic carboxylic acids is 1. The molecule has 0 saturated heterocycles. The van der Waals surface area contributed by atoms with Gasteiger partial charge < -0.3 is 10.9 Å². The van der Waals surface area contributed by atoms with Gasteiger partial charge in [0, 0.05) is 12.4 Å². The Morgan fingerprint density at radius 2 is 2.36 bits per heavy atom. The molecule has 0 spiro atoms. The Labute approximate surface area is 104 Å². The van der Waals surface area contributed by atoms with E-state index in [0.29, 0.717) is 11.3 Å². The maximum absolute atomic E-state index is 10.7. The Morgan fingerprint density at radius 3 is 3.00 bits per heavy atom. The van der Waals surface area contributed by atoms with Crippen molar-refractivity contribution in [3.63, 3.8) is 0 Å². The number of carbonyl (C=O) groups is 1. The minimum atomic E-state index is -1.03. The quantitative estimate of drug-likeness (QED) is 0.534. The molecule has 5 nitrogen and oxygen atoms in total. The van der Waals surface area contributed by atoms with Gasteiger partial charge in [-0.3, -0.25) is 4.98 Å². The third-order valence-electron chi connectivity index (χ3n) is 1.83. The number of fused-ring (bicyclic) bond motifs is 1. The SMILES string of the molecule is Cc1nc(C(=O)O)c2cnccn12.[H-].[Na+]. The number of hydrogen-bond donors (Lipinski definition) is 1. The number of hydrogen-bond acceptors (Lipinski definition) is 3. The number of nitrogens with zero attached hydrogens (tertiary/aromatic N) is 3. The number of imidazole rings is 1. The summed E-state index contributed by atoms with van der Waals surface area (Å²) in [6, 6.07) is 0. The van der Waals surface area contributed by atoms with Gasteiger partial charge in [-0.1, -0.05) is 0 Å². The molecule has 0 atom stereocenters. The number of rotatable bonds is 1. The molecule has 0 aliphatic carbocycles. The predicted molar refractivity (Wildman–Crippen MR) is 45.8 cm³/mol. The molecule has 0 amide bonds. The smallest absolute Gasteiger partial charge is 1.00 e. The third kappa shape index (κ3) is 1.66. The molecule has 0 radical (unpaired) electrons. The molecule has 0 fully saturated rings. The molecular formula is C8H8N3NaO2. The van der Waals surface area contributed by atoms with E-state index < -0.39 is 5.97 Å². The minimum absolute atomic E-state index is 0. The van der Waals surface area contributed by atoms with Crippen LogP contribution in [0.3, 0.4) is 0 Å². The van der Waals surface area contributed by atoms with Crippen molar-refractivity contribution in [2.24, 2.45) is 0 Å². The number of carboxylic acid groups (broad SMARTS) is 1. The third-order valence-corrected chi connectivity index (χ3v) is 1.83. The van der Waals surface area contributed by atoms with Crippen LogP contribution in [0.5, 0.6) is 0 Å². The summed E-state index contributed by atoms with van der Waals surface area (Å²) >= 11 is 0. The molecule has 0 aliphatic rings. The van der Waals surface area contributed by atoms with E-state index in [2.05, 4.69) is 9.97 Å². The van der Waals surface area contributed by atoms with Crippen LogP contribution in [0.25, 0.3) is 5.52 Å². The van der Waals surface area contributed by atoms with Crippen LogP contribution in [-0.4, -0.2) is 25.4 Å². The average molecular weight is 201 g/mol. The van der Waals surface area contributed by atoms with Crippen LogP contribution in [0, 0.1) is 6.92 Å². The van der Waals surface area contributed by atoms with Crippen molar-refractivity contribution in [1.82, 2.24) is 14.4 Å². The molecule has 0 unspecified atom stereocenters. The first-order chi connectivity index (χ1) is 6.20. The van der Waals surface area contributed by atoms with E-state index in [9.17, 15) is 4.79 Å². The zero-order valence-corrected chi connectivity index (χ0v) is 9.93. The number of aryl methyl sites for hydroxylation is 1. The fourth-order valence-corrected chi connectivity index (χ4v) is 1.25.